The summed E-state index contributed by atoms with van der Waals surface area (Å²) >= 11 is 0. The number of nitrogens with one attached hydrogen (secondary N) is 2. The van der Waals surface area contributed by atoms with Gasteiger partial charge in [-0.25, -0.2) is 0 Å². The first-order chi connectivity index (χ1) is 12.2. The smallest absolute Gasteiger partial charge is 0.243 e. The zero-order chi connectivity index (χ0) is 17.9. The maximum Gasteiger partial charge on any atom is 0.243 e. The first-order valence-electron chi connectivity index (χ1n) is 9.00. The third kappa shape index (κ3) is 7.29. The third-order valence-electron chi connectivity index (χ3n) is 3.91. The van der Waals surface area contributed by atoms with E-state index in [-0.39, 0.29) is 12.5 Å². The summed E-state index contributed by atoms with van der Waals surface area (Å²) in [6.45, 7) is 5.20. The molecule has 2 aromatic carbocycles. The Hall–Kier alpha value is -2.49. The molecule has 2 rings (SSSR count). The Balaban J connectivity index is 1.69. The number of carbonyl (C=O) groups is 1. The van der Waals surface area contributed by atoms with Gasteiger partial charge in [-0.3, -0.25) is 4.79 Å². The summed E-state index contributed by atoms with van der Waals surface area (Å²) in [7, 11) is 0. The zero-order valence-corrected chi connectivity index (χ0v) is 15.2. The Morgan fingerprint density at radius 1 is 0.920 bits per heavy atom. The van der Waals surface area contributed by atoms with E-state index in [9.17, 15) is 4.79 Å². The summed E-state index contributed by atoms with van der Waals surface area (Å²) in [4.78, 5) is 12.0. The number of aryl methyl sites for hydroxylation is 1. The molecule has 134 valence electrons. The average molecular weight is 340 g/mol. The molecule has 0 aliphatic heterocycles. The quantitative estimate of drug-likeness (QED) is 0.598. The van der Waals surface area contributed by atoms with Crippen molar-refractivity contribution in [1.29, 1.82) is 0 Å². The number of hydrogen-bond acceptors (Lipinski definition) is 3. The van der Waals surface area contributed by atoms with Gasteiger partial charge in [-0.2, -0.15) is 0 Å². The molecule has 0 bridgehead atoms. The second-order valence-electron chi connectivity index (χ2n) is 6.20. The van der Waals surface area contributed by atoms with Crippen molar-refractivity contribution in [3.63, 3.8) is 0 Å². The van der Waals surface area contributed by atoms with Gasteiger partial charge in [0, 0.05) is 11.4 Å². The lowest BCUT2D eigenvalue weighted by Crippen LogP contribution is -2.21. The predicted octanol–water partition coefficient (Wildman–Crippen LogP) is 5.00. The number of benzene rings is 2. The van der Waals surface area contributed by atoms with Crippen LogP contribution in [-0.4, -0.2) is 19.1 Å². The normalized spacial score (nSPS) is 10.3. The van der Waals surface area contributed by atoms with Crippen LogP contribution in [0.25, 0.3) is 0 Å². The number of rotatable bonds is 10. The summed E-state index contributed by atoms with van der Waals surface area (Å²) in [6, 6.07) is 15.5. The minimum atomic E-state index is -0.0693. The Bertz CT molecular complexity index is 636. The van der Waals surface area contributed by atoms with Gasteiger partial charge in [0.25, 0.3) is 0 Å². The van der Waals surface area contributed by atoms with Gasteiger partial charge in [0.1, 0.15) is 5.75 Å². The molecule has 0 aromatic heterocycles. The first kappa shape index (κ1) is 18.8. The lowest BCUT2D eigenvalue weighted by atomic mass is 10.2. The number of ether oxygens (including phenoxy) is 1. The maximum atomic E-state index is 12.0. The summed E-state index contributed by atoms with van der Waals surface area (Å²) in [5.74, 6) is 0.797. The summed E-state index contributed by atoms with van der Waals surface area (Å²) in [5.41, 5.74) is 2.88. The fourth-order valence-corrected chi connectivity index (χ4v) is 2.41. The van der Waals surface area contributed by atoms with Gasteiger partial charge in [-0.05, 0) is 49.7 Å². The van der Waals surface area contributed by atoms with Gasteiger partial charge in [0.2, 0.25) is 5.91 Å². The number of carbonyl (C=O) groups excluding carboxylic acids is 1. The number of unbranched alkanes of at least 4 members (excludes halogenated alkanes) is 3. The summed E-state index contributed by atoms with van der Waals surface area (Å²) in [6.07, 6.45) is 4.80. The van der Waals surface area contributed by atoms with Crippen LogP contribution < -0.4 is 15.4 Å². The van der Waals surface area contributed by atoms with Crippen LogP contribution in [0, 0.1) is 6.92 Å². The van der Waals surface area contributed by atoms with Crippen LogP contribution in [0.3, 0.4) is 0 Å². The molecule has 0 saturated carbocycles. The van der Waals surface area contributed by atoms with Crippen LogP contribution >= 0.6 is 0 Å². The minimum absolute atomic E-state index is 0.0693. The molecule has 0 aliphatic rings. The number of hydrogen-bond donors (Lipinski definition) is 2. The van der Waals surface area contributed by atoms with Gasteiger partial charge >= 0.3 is 0 Å². The summed E-state index contributed by atoms with van der Waals surface area (Å²) in [5, 5.41) is 5.99. The van der Waals surface area contributed by atoms with Gasteiger partial charge in [-0.1, -0.05) is 43.9 Å². The van der Waals surface area contributed by atoms with Gasteiger partial charge < -0.3 is 15.4 Å². The second-order valence-corrected chi connectivity index (χ2v) is 6.20. The van der Waals surface area contributed by atoms with E-state index in [4.69, 9.17) is 4.74 Å². The molecule has 0 atom stereocenters. The van der Waals surface area contributed by atoms with E-state index in [1.807, 2.05) is 55.5 Å². The molecule has 0 fully saturated rings. The third-order valence-corrected chi connectivity index (χ3v) is 3.91. The lowest BCUT2D eigenvalue weighted by molar-refractivity contribution is -0.114. The monoisotopic (exact) mass is 340 g/mol. The number of anilines is 2. The Labute approximate surface area is 150 Å². The Morgan fingerprint density at radius 2 is 1.60 bits per heavy atom. The van der Waals surface area contributed by atoms with Crippen LogP contribution in [0.2, 0.25) is 0 Å². The van der Waals surface area contributed by atoms with E-state index in [0.717, 1.165) is 30.2 Å². The van der Waals surface area contributed by atoms with Crippen LogP contribution in [0.1, 0.15) is 38.2 Å². The molecular formula is C21H28N2O2. The van der Waals surface area contributed by atoms with Crippen molar-refractivity contribution in [2.45, 2.75) is 39.5 Å². The standard InChI is InChI=1S/C21H28N2O2/c1-3-4-5-6-15-25-20-13-11-18(12-14-20)22-16-21(24)23-19-9-7-17(2)8-10-19/h7-14,22H,3-6,15-16H2,1-2H3,(H,23,24). The average Bonchev–Trinajstić information content (AvgIpc) is 2.63. The van der Waals surface area contributed by atoms with Crippen LogP contribution in [0.15, 0.2) is 48.5 Å². The molecule has 0 spiro atoms. The van der Waals surface area contributed by atoms with Gasteiger partial charge in [0.05, 0.1) is 13.2 Å². The highest BCUT2D eigenvalue weighted by Gasteiger charge is 2.02. The van der Waals surface area contributed by atoms with Gasteiger partial charge in [-0.15, -0.1) is 0 Å². The van der Waals surface area contributed by atoms with Crippen molar-refractivity contribution >= 4 is 17.3 Å². The van der Waals surface area contributed by atoms with Crippen molar-refractivity contribution < 1.29 is 9.53 Å². The molecule has 0 unspecified atom stereocenters. The van der Waals surface area contributed by atoms with Gasteiger partial charge in [0.15, 0.2) is 0 Å². The Morgan fingerprint density at radius 3 is 2.28 bits per heavy atom. The largest absolute Gasteiger partial charge is 0.494 e. The first-order valence-corrected chi connectivity index (χ1v) is 9.00. The highest BCUT2D eigenvalue weighted by Crippen LogP contribution is 2.16. The summed E-state index contributed by atoms with van der Waals surface area (Å²) < 4.78 is 5.71. The van der Waals surface area contributed by atoms with E-state index in [0.29, 0.717) is 0 Å². The van der Waals surface area contributed by atoms with Crippen LogP contribution in [0.4, 0.5) is 11.4 Å². The lowest BCUT2D eigenvalue weighted by Gasteiger charge is -2.10. The van der Waals surface area contributed by atoms with Crippen molar-refractivity contribution in [2.24, 2.45) is 0 Å². The zero-order valence-electron chi connectivity index (χ0n) is 15.2. The van der Waals surface area contributed by atoms with E-state index in [2.05, 4.69) is 17.6 Å². The van der Waals surface area contributed by atoms with E-state index in [1.165, 1.54) is 24.8 Å². The molecular weight excluding hydrogens is 312 g/mol. The molecule has 2 aromatic rings. The van der Waals surface area contributed by atoms with Crippen LogP contribution in [0.5, 0.6) is 5.75 Å². The molecule has 0 saturated heterocycles. The molecule has 2 N–H and O–H groups in total. The SMILES string of the molecule is CCCCCCOc1ccc(NCC(=O)Nc2ccc(C)cc2)cc1. The van der Waals surface area contributed by atoms with E-state index < -0.39 is 0 Å². The fourth-order valence-electron chi connectivity index (χ4n) is 2.41. The van der Waals surface area contributed by atoms with Crippen molar-refractivity contribution in [3.05, 3.63) is 54.1 Å². The van der Waals surface area contributed by atoms with Crippen molar-refractivity contribution in [3.8, 4) is 5.75 Å². The maximum absolute atomic E-state index is 12.0. The number of amides is 1. The second kappa shape index (κ2) is 10.4. The molecule has 0 radical (unpaired) electrons. The molecule has 4 heteroatoms. The topological polar surface area (TPSA) is 50.4 Å². The fraction of sp³-hybridized carbons (Fsp3) is 0.381. The van der Waals surface area contributed by atoms with Crippen molar-refractivity contribution in [2.75, 3.05) is 23.8 Å². The molecule has 0 aliphatic carbocycles. The van der Waals surface area contributed by atoms with Crippen molar-refractivity contribution in [1.82, 2.24) is 0 Å². The van der Waals surface area contributed by atoms with E-state index in [1.54, 1.807) is 0 Å². The predicted molar refractivity (Wildman–Crippen MR) is 104 cm³/mol. The highest BCUT2D eigenvalue weighted by atomic mass is 16.5. The highest BCUT2D eigenvalue weighted by molar-refractivity contribution is 5.93. The van der Waals surface area contributed by atoms with E-state index >= 15 is 0 Å². The van der Waals surface area contributed by atoms with Crippen LogP contribution in [-0.2, 0) is 4.79 Å². The molecule has 4 nitrogen and oxygen atoms in total. The molecule has 1 amide bonds. The molecule has 0 heterocycles. The minimum Gasteiger partial charge on any atom is -0.494 e. The molecule has 25 heavy (non-hydrogen) atoms. The Kier molecular flexibility index (Phi) is 7.83.